The lowest BCUT2D eigenvalue weighted by atomic mass is 10.1. The topological polar surface area (TPSA) is 59.2 Å². The molecule has 1 aliphatic heterocycles. The predicted octanol–water partition coefficient (Wildman–Crippen LogP) is 4.09. The van der Waals surface area contributed by atoms with Crippen LogP contribution >= 0.6 is 11.3 Å². The van der Waals surface area contributed by atoms with Gasteiger partial charge < -0.3 is 9.42 Å². The van der Waals surface area contributed by atoms with Gasteiger partial charge in [0.05, 0.1) is 9.75 Å². The van der Waals surface area contributed by atoms with Crippen LogP contribution in [0.2, 0.25) is 0 Å². The maximum atomic E-state index is 12.5. The number of benzene rings is 1. The molecule has 0 spiro atoms. The number of amides is 1. The van der Waals surface area contributed by atoms with E-state index in [0.29, 0.717) is 11.7 Å². The summed E-state index contributed by atoms with van der Waals surface area (Å²) in [6.45, 7) is 1.71. The van der Waals surface area contributed by atoms with Crippen molar-refractivity contribution in [2.45, 2.75) is 19.3 Å². The number of piperidine rings is 1. The van der Waals surface area contributed by atoms with Gasteiger partial charge in [0.15, 0.2) is 0 Å². The lowest BCUT2D eigenvalue weighted by molar-refractivity contribution is 0.0729. The zero-order chi connectivity index (χ0) is 16.4. The summed E-state index contributed by atoms with van der Waals surface area (Å²) in [5.74, 6) is 1.12. The van der Waals surface area contributed by atoms with Gasteiger partial charge in [-0.3, -0.25) is 4.79 Å². The molecule has 3 aromatic rings. The van der Waals surface area contributed by atoms with E-state index in [1.165, 1.54) is 17.8 Å². The van der Waals surface area contributed by atoms with Crippen molar-refractivity contribution in [1.82, 2.24) is 15.0 Å². The number of carbonyl (C=O) groups is 1. The average molecular weight is 339 g/mol. The van der Waals surface area contributed by atoms with Gasteiger partial charge in [-0.15, -0.1) is 11.3 Å². The lowest BCUT2D eigenvalue weighted by Crippen LogP contribution is -2.35. The highest BCUT2D eigenvalue weighted by Crippen LogP contribution is 2.29. The summed E-state index contributed by atoms with van der Waals surface area (Å²) in [4.78, 5) is 20.5. The highest BCUT2D eigenvalue weighted by molar-refractivity contribution is 7.17. The van der Waals surface area contributed by atoms with Gasteiger partial charge in [0.25, 0.3) is 11.8 Å². The molecule has 1 amide bonds. The van der Waals surface area contributed by atoms with Crippen molar-refractivity contribution >= 4 is 17.2 Å². The minimum atomic E-state index is 0.109. The molecule has 0 atom stereocenters. The number of rotatable bonds is 3. The monoisotopic (exact) mass is 339 g/mol. The highest BCUT2D eigenvalue weighted by Gasteiger charge is 2.21. The Balaban J connectivity index is 1.55. The molecule has 0 saturated carbocycles. The van der Waals surface area contributed by atoms with Crippen LogP contribution in [0.1, 0.15) is 28.9 Å². The van der Waals surface area contributed by atoms with Crippen molar-refractivity contribution in [3.05, 3.63) is 47.3 Å². The van der Waals surface area contributed by atoms with Crippen molar-refractivity contribution < 1.29 is 9.32 Å². The van der Waals surface area contributed by atoms with E-state index in [-0.39, 0.29) is 5.91 Å². The first-order chi connectivity index (χ1) is 11.8. The molecule has 2 aromatic heterocycles. The van der Waals surface area contributed by atoms with Crippen LogP contribution in [0.3, 0.4) is 0 Å². The smallest absolute Gasteiger partial charge is 0.263 e. The summed E-state index contributed by atoms with van der Waals surface area (Å²) in [5, 5.41) is 4.05. The third-order valence-corrected chi connectivity index (χ3v) is 5.20. The van der Waals surface area contributed by atoms with Crippen LogP contribution in [0.15, 0.2) is 47.0 Å². The summed E-state index contributed by atoms with van der Waals surface area (Å²) >= 11 is 1.42. The molecular weight excluding hydrogens is 322 g/mol. The number of nitrogens with zero attached hydrogens (tertiary/aromatic N) is 3. The van der Waals surface area contributed by atoms with Gasteiger partial charge in [0.2, 0.25) is 5.82 Å². The normalized spacial score (nSPS) is 14.8. The van der Waals surface area contributed by atoms with Crippen LogP contribution in [-0.2, 0) is 0 Å². The van der Waals surface area contributed by atoms with Gasteiger partial charge >= 0.3 is 0 Å². The minimum Gasteiger partial charge on any atom is -0.338 e. The molecule has 0 N–H and O–H groups in total. The fraction of sp³-hybridized carbons (Fsp3) is 0.278. The third-order valence-electron chi connectivity index (χ3n) is 4.13. The van der Waals surface area contributed by atoms with E-state index in [2.05, 4.69) is 10.1 Å². The molecule has 1 fully saturated rings. The molecular formula is C18H17N3O2S. The summed E-state index contributed by atoms with van der Waals surface area (Å²) in [7, 11) is 0. The summed E-state index contributed by atoms with van der Waals surface area (Å²) < 4.78 is 5.34. The first-order valence-electron chi connectivity index (χ1n) is 8.10. The second-order valence-corrected chi connectivity index (χ2v) is 6.89. The van der Waals surface area contributed by atoms with Crippen molar-refractivity contribution in [3.63, 3.8) is 0 Å². The fourth-order valence-electron chi connectivity index (χ4n) is 2.85. The zero-order valence-corrected chi connectivity index (χ0v) is 14.0. The average Bonchev–Trinajstić information content (AvgIpc) is 3.32. The van der Waals surface area contributed by atoms with E-state index in [1.807, 2.05) is 47.4 Å². The van der Waals surface area contributed by atoms with E-state index in [1.54, 1.807) is 0 Å². The van der Waals surface area contributed by atoms with Crippen LogP contribution < -0.4 is 0 Å². The third kappa shape index (κ3) is 2.97. The van der Waals surface area contributed by atoms with Crippen LogP contribution in [0.4, 0.5) is 0 Å². The quantitative estimate of drug-likeness (QED) is 0.721. The van der Waals surface area contributed by atoms with Gasteiger partial charge in [-0.25, -0.2) is 0 Å². The van der Waals surface area contributed by atoms with Gasteiger partial charge in [-0.05, 0) is 43.5 Å². The molecule has 1 saturated heterocycles. The molecule has 24 heavy (non-hydrogen) atoms. The Hall–Kier alpha value is -2.47. The molecule has 0 unspecified atom stereocenters. The van der Waals surface area contributed by atoms with E-state index >= 15 is 0 Å². The SMILES string of the molecule is O=C(c1ccc(-c2noc(-c3ccccc3)n2)s1)N1CCCCC1. The standard InChI is InChI=1S/C18H17N3O2S/c22-18(21-11-5-2-6-12-21)15-10-9-14(24-15)16-19-17(23-20-16)13-7-3-1-4-8-13/h1,3-4,7-10H,2,5-6,11-12H2. The molecule has 0 radical (unpaired) electrons. The van der Waals surface area contributed by atoms with Crippen molar-refractivity contribution in [2.24, 2.45) is 0 Å². The van der Waals surface area contributed by atoms with E-state index in [9.17, 15) is 4.79 Å². The fourth-order valence-corrected chi connectivity index (χ4v) is 3.75. The van der Waals surface area contributed by atoms with E-state index in [0.717, 1.165) is 41.2 Å². The summed E-state index contributed by atoms with van der Waals surface area (Å²) in [6.07, 6.45) is 3.40. The van der Waals surface area contributed by atoms with Crippen LogP contribution in [0, 0.1) is 0 Å². The highest BCUT2D eigenvalue weighted by atomic mass is 32.1. The zero-order valence-electron chi connectivity index (χ0n) is 13.1. The Morgan fingerprint density at radius 1 is 1.04 bits per heavy atom. The van der Waals surface area contributed by atoms with E-state index in [4.69, 9.17) is 4.52 Å². The Morgan fingerprint density at radius 2 is 1.83 bits per heavy atom. The number of hydrogen-bond acceptors (Lipinski definition) is 5. The molecule has 1 aromatic carbocycles. The number of likely N-dealkylation sites (tertiary alicyclic amines) is 1. The second-order valence-electron chi connectivity index (χ2n) is 5.81. The molecule has 4 rings (SSSR count). The Kier molecular flexibility index (Phi) is 4.13. The molecule has 122 valence electrons. The molecule has 5 nitrogen and oxygen atoms in total. The van der Waals surface area contributed by atoms with Gasteiger partial charge in [-0.2, -0.15) is 4.98 Å². The van der Waals surface area contributed by atoms with Crippen LogP contribution in [-0.4, -0.2) is 34.0 Å². The van der Waals surface area contributed by atoms with Crippen molar-refractivity contribution in [2.75, 3.05) is 13.1 Å². The first-order valence-corrected chi connectivity index (χ1v) is 8.91. The van der Waals surface area contributed by atoms with Crippen molar-refractivity contribution in [3.8, 4) is 22.2 Å². The predicted molar refractivity (Wildman–Crippen MR) is 92.8 cm³/mol. The molecule has 0 bridgehead atoms. The van der Waals surface area contributed by atoms with Gasteiger partial charge in [-0.1, -0.05) is 23.4 Å². The molecule has 1 aliphatic rings. The summed E-state index contributed by atoms with van der Waals surface area (Å²) in [6, 6.07) is 13.4. The number of thiophene rings is 1. The number of hydrogen-bond donors (Lipinski definition) is 0. The second kappa shape index (κ2) is 6.57. The molecule has 3 heterocycles. The maximum Gasteiger partial charge on any atom is 0.263 e. The lowest BCUT2D eigenvalue weighted by Gasteiger charge is -2.26. The van der Waals surface area contributed by atoms with Crippen LogP contribution in [0.25, 0.3) is 22.2 Å². The Morgan fingerprint density at radius 3 is 2.62 bits per heavy atom. The molecule has 6 heteroatoms. The maximum absolute atomic E-state index is 12.5. The largest absolute Gasteiger partial charge is 0.338 e. The van der Waals surface area contributed by atoms with Crippen LogP contribution in [0.5, 0.6) is 0 Å². The van der Waals surface area contributed by atoms with Gasteiger partial charge in [0.1, 0.15) is 0 Å². The molecule has 0 aliphatic carbocycles. The Labute approximate surface area is 143 Å². The van der Waals surface area contributed by atoms with Gasteiger partial charge in [0, 0.05) is 18.7 Å². The number of aromatic nitrogens is 2. The number of carbonyl (C=O) groups excluding carboxylic acids is 1. The van der Waals surface area contributed by atoms with Crippen molar-refractivity contribution in [1.29, 1.82) is 0 Å². The Bertz CT molecular complexity index is 835. The van der Waals surface area contributed by atoms with E-state index < -0.39 is 0 Å². The minimum absolute atomic E-state index is 0.109. The first kappa shape index (κ1) is 15.1. The summed E-state index contributed by atoms with van der Waals surface area (Å²) in [5.41, 5.74) is 0.887.